The van der Waals surface area contributed by atoms with Crippen molar-refractivity contribution in [2.45, 2.75) is 52.2 Å². The van der Waals surface area contributed by atoms with Crippen LogP contribution in [0.15, 0.2) is 24.3 Å². The maximum absolute atomic E-state index is 3.61. The third kappa shape index (κ3) is 2.93. The van der Waals surface area contributed by atoms with Crippen LogP contribution in [0.2, 0.25) is 0 Å². The summed E-state index contributed by atoms with van der Waals surface area (Å²) < 4.78 is 0. The van der Waals surface area contributed by atoms with Crippen LogP contribution in [0.3, 0.4) is 0 Å². The van der Waals surface area contributed by atoms with Gasteiger partial charge in [-0.1, -0.05) is 36.8 Å². The molecule has 0 bridgehead atoms. The molecule has 0 aliphatic carbocycles. The van der Waals surface area contributed by atoms with Gasteiger partial charge in [-0.25, -0.2) is 0 Å². The first-order chi connectivity index (χ1) is 8.53. The van der Waals surface area contributed by atoms with Gasteiger partial charge in [0.2, 0.25) is 0 Å². The molecule has 0 amide bonds. The lowest BCUT2D eigenvalue weighted by molar-refractivity contribution is 0.0453. The van der Waals surface area contributed by atoms with Gasteiger partial charge in [-0.05, 0) is 32.8 Å². The molecule has 1 aromatic carbocycles. The second kappa shape index (κ2) is 5.41. The number of hydrogen-bond donors (Lipinski definition) is 1. The Labute approximate surface area is 111 Å². The van der Waals surface area contributed by atoms with Crippen LogP contribution in [0.4, 0.5) is 0 Å². The van der Waals surface area contributed by atoms with Gasteiger partial charge < -0.3 is 5.32 Å². The predicted molar refractivity (Wildman–Crippen MR) is 77.7 cm³/mol. The molecule has 0 saturated carbocycles. The van der Waals surface area contributed by atoms with E-state index in [2.05, 4.69) is 62.2 Å². The summed E-state index contributed by atoms with van der Waals surface area (Å²) in [4.78, 5) is 2.64. The smallest absolute Gasteiger partial charge is 0.0307 e. The molecule has 2 atom stereocenters. The Morgan fingerprint density at radius 1 is 1.44 bits per heavy atom. The van der Waals surface area contributed by atoms with Crippen LogP contribution in [-0.2, 0) is 6.54 Å². The van der Waals surface area contributed by atoms with Crippen molar-refractivity contribution in [1.29, 1.82) is 0 Å². The second-order valence-electron chi connectivity index (χ2n) is 6.00. The quantitative estimate of drug-likeness (QED) is 0.882. The first-order valence-electron chi connectivity index (χ1n) is 7.07. The largest absolute Gasteiger partial charge is 0.311 e. The molecule has 1 N–H and O–H groups in total. The zero-order valence-electron chi connectivity index (χ0n) is 12.2. The van der Waals surface area contributed by atoms with Crippen molar-refractivity contribution < 1.29 is 0 Å². The molecular weight excluding hydrogens is 220 g/mol. The van der Waals surface area contributed by atoms with Crippen LogP contribution in [0, 0.1) is 6.92 Å². The SMILES string of the molecule is CCC1(C)CNC(C)CN1Cc1cccc(C)c1. The highest BCUT2D eigenvalue weighted by Crippen LogP contribution is 2.25. The molecule has 1 aliphatic rings. The molecule has 2 rings (SSSR count). The maximum Gasteiger partial charge on any atom is 0.0307 e. The van der Waals surface area contributed by atoms with Gasteiger partial charge in [0.15, 0.2) is 0 Å². The molecule has 0 spiro atoms. The summed E-state index contributed by atoms with van der Waals surface area (Å²) in [5, 5.41) is 3.61. The highest BCUT2D eigenvalue weighted by atomic mass is 15.3. The lowest BCUT2D eigenvalue weighted by Crippen LogP contribution is -2.61. The summed E-state index contributed by atoms with van der Waals surface area (Å²) >= 11 is 0. The number of aryl methyl sites for hydroxylation is 1. The van der Waals surface area contributed by atoms with Crippen molar-refractivity contribution in [2.75, 3.05) is 13.1 Å². The zero-order chi connectivity index (χ0) is 13.2. The van der Waals surface area contributed by atoms with E-state index in [1.165, 1.54) is 17.5 Å². The van der Waals surface area contributed by atoms with Gasteiger partial charge in [0.1, 0.15) is 0 Å². The molecule has 1 heterocycles. The molecule has 18 heavy (non-hydrogen) atoms. The Hall–Kier alpha value is -0.860. The number of nitrogens with zero attached hydrogens (tertiary/aromatic N) is 1. The first-order valence-corrected chi connectivity index (χ1v) is 7.07. The molecule has 1 aromatic rings. The second-order valence-corrected chi connectivity index (χ2v) is 6.00. The standard InChI is InChI=1S/C16H26N2/c1-5-16(4)12-17-14(3)10-18(16)11-15-8-6-7-13(2)9-15/h6-9,14,17H,5,10-12H2,1-4H3. The number of nitrogens with one attached hydrogen (secondary N) is 1. The molecule has 1 saturated heterocycles. The summed E-state index contributed by atoms with van der Waals surface area (Å²) in [6.07, 6.45) is 1.19. The molecule has 2 unspecified atom stereocenters. The first kappa shape index (κ1) is 13.6. The summed E-state index contributed by atoms with van der Waals surface area (Å²) in [5.41, 5.74) is 3.08. The van der Waals surface area contributed by atoms with E-state index in [1.54, 1.807) is 0 Å². The van der Waals surface area contributed by atoms with Crippen LogP contribution in [-0.4, -0.2) is 29.6 Å². The van der Waals surface area contributed by atoms with E-state index in [0.29, 0.717) is 6.04 Å². The Balaban J connectivity index is 2.14. The van der Waals surface area contributed by atoms with Crippen LogP contribution in [0.5, 0.6) is 0 Å². The lowest BCUT2D eigenvalue weighted by Gasteiger charge is -2.47. The van der Waals surface area contributed by atoms with Gasteiger partial charge in [-0.3, -0.25) is 4.90 Å². The monoisotopic (exact) mass is 246 g/mol. The molecule has 0 aromatic heterocycles. The van der Waals surface area contributed by atoms with Gasteiger partial charge >= 0.3 is 0 Å². The van der Waals surface area contributed by atoms with Crippen LogP contribution >= 0.6 is 0 Å². The average Bonchev–Trinajstić information content (AvgIpc) is 2.34. The van der Waals surface area contributed by atoms with E-state index in [4.69, 9.17) is 0 Å². The normalized spacial score (nSPS) is 29.4. The minimum absolute atomic E-state index is 0.288. The van der Waals surface area contributed by atoms with Crippen molar-refractivity contribution in [3.05, 3.63) is 35.4 Å². The summed E-state index contributed by atoms with van der Waals surface area (Å²) in [6, 6.07) is 9.48. The van der Waals surface area contributed by atoms with E-state index in [0.717, 1.165) is 19.6 Å². The van der Waals surface area contributed by atoms with Crippen molar-refractivity contribution in [2.24, 2.45) is 0 Å². The fraction of sp³-hybridized carbons (Fsp3) is 0.625. The lowest BCUT2D eigenvalue weighted by atomic mass is 9.91. The number of piperazine rings is 1. The summed E-state index contributed by atoms with van der Waals surface area (Å²) in [5.74, 6) is 0. The van der Waals surface area contributed by atoms with Crippen LogP contribution in [0.1, 0.15) is 38.3 Å². The Morgan fingerprint density at radius 2 is 2.22 bits per heavy atom. The van der Waals surface area contributed by atoms with Crippen molar-refractivity contribution in [3.8, 4) is 0 Å². The molecule has 0 radical (unpaired) electrons. The van der Waals surface area contributed by atoms with Gasteiger partial charge in [0, 0.05) is 31.2 Å². The fourth-order valence-corrected chi connectivity index (χ4v) is 2.76. The maximum atomic E-state index is 3.61. The van der Waals surface area contributed by atoms with Gasteiger partial charge in [-0.15, -0.1) is 0 Å². The van der Waals surface area contributed by atoms with Gasteiger partial charge in [-0.2, -0.15) is 0 Å². The predicted octanol–water partition coefficient (Wildman–Crippen LogP) is 2.96. The third-order valence-electron chi connectivity index (χ3n) is 4.31. The van der Waals surface area contributed by atoms with Crippen molar-refractivity contribution in [1.82, 2.24) is 10.2 Å². The summed E-state index contributed by atoms with van der Waals surface area (Å²) in [7, 11) is 0. The van der Waals surface area contributed by atoms with E-state index in [9.17, 15) is 0 Å². The molecular formula is C16H26N2. The molecule has 1 aliphatic heterocycles. The van der Waals surface area contributed by atoms with Gasteiger partial charge in [0.05, 0.1) is 0 Å². The molecule has 2 heteroatoms. The van der Waals surface area contributed by atoms with E-state index < -0.39 is 0 Å². The average molecular weight is 246 g/mol. The highest BCUT2D eigenvalue weighted by molar-refractivity contribution is 5.22. The minimum Gasteiger partial charge on any atom is -0.311 e. The number of hydrogen-bond acceptors (Lipinski definition) is 2. The highest BCUT2D eigenvalue weighted by Gasteiger charge is 2.34. The Kier molecular flexibility index (Phi) is 4.08. The Morgan fingerprint density at radius 3 is 2.89 bits per heavy atom. The van der Waals surface area contributed by atoms with Crippen molar-refractivity contribution >= 4 is 0 Å². The molecule has 2 nitrogen and oxygen atoms in total. The van der Waals surface area contributed by atoms with E-state index in [-0.39, 0.29) is 5.54 Å². The molecule has 1 fully saturated rings. The van der Waals surface area contributed by atoms with Crippen LogP contribution < -0.4 is 5.32 Å². The van der Waals surface area contributed by atoms with Crippen molar-refractivity contribution in [3.63, 3.8) is 0 Å². The topological polar surface area (TPSA) is 15.3 Å². The fourth-order valence-electron chi connectivity index (χ4n) is 2.76. The van der Waals surface area contributed by atoms with Crippen LogP contribution in [0.25, 0.3) is 0 Å². The van der Waals surface area contributed by atoms with Gasteiger partial charge in [0.25, 0.3) is 0 Å². The Bertz CT molecular complexity index is 402. The summed E-state index contributed by atoms with van der Waals surface area (Å²) in [6.45, 7) is 12.4. The van der Waals surface area contributed by atoms with E-state index >= 15 is 0 Å². The number of rotatable bonds is 3. The minimum atomic E-state index is 0.288. The number of benzene rings is 1. The zero-order valence-corrected chi connectivity index (χ0v) is 12.2. The third-order valence-corrected chi connectivity index (χ3v) is 4.31. The molecule has 100 valence electrons. The van der Waals surface area contributed by atoms with E-state index in [1.807, 2.05) is 0 Å².